The van der Waals surface area contributed by atoms with Gasteiger partial charge >= 0.3 is 6.09 Å². The molecule has 1 saturated carbocycles. The number of unbranched alkanes of at least 4 members (excludes halogenated alkanes) is 2. The maximum atomic E-state index is 14.5. The van der Waals surface area contributed by atoms with Crippen LogP contribution in [-0.2, 0) is 20.9 Å². The van der Waals surface area contributed by atoms with E-state index >= 15 is 0 Å². The Morgan fingerprint density at radius 3 is 2.38 bits per heavy atom. The van der Waals surface area contributed by atoms with Crippen molar-refractivity contribution in [2.75, 3.05) is 32.6 Å². The van der Waals surface area contributed by atoms with Gasteiger partial charge in [0.25, 0.3) is 0 Å². The van der Waals surface area contributed by atoms with Crippen molar-refractivity contribution in [1.29, 1.82) is 0 Å². The highest BCUT2D eigenvalue weighted by Crippen LogP contribution is 2.62. The van der Waals surface area contributed by atoms with Crippen LogP contribution in [0.4, 0.5) is 4.79 Å². The molecule has 2 aliphatic carbocycles. The molecule has 2 N–H and O–H groups in total. The van der Waals surface area contributed by atoms with Gasteiger partial charge in [-0.05, 0) is 125 Å². The summed E-state index contributed by atoms with van der Waals surface area (Å²) in [4.78, 5) is 23.7. The number of carbonyl (C=O) groups excluding carboxylic acids is 1. The number of rotatable bonds is 20. The zero-order valence-electron chi connectivity index (χ0n) is 36.0. The van der Waals surface area contributed by atoms with Crippen molar-refractivity contribution < 1.29 is 38.8 Å². The molecule has 0 aromatic heterocycles. The first-order chi connectivity index (χ1) is 29.0. The Labute approximate surface area is 361 Å². The minimum absolute atomic E-state index is 0.0858. The Bertz CT molecular complexity index is 1930. The van der Waals surface area contributed by atoms with Crippen LogP contribution in [0, 0.1) is 17.8 Å². The van der Waals surface area contributed by atoms with E-state index in [1.165, 1.54) is 0 Å². The average molecular weight is 841 g/mol. The fraction of sp³-hybridized carbons (Fsp3) is 0.510. The largest absolute Gasteiger partial charge is 0.459 e. The van der Waals surface area contributed by atoms with E-state index in [-0.39, 0.29) is 44.2 Å². The summed E-state index contributed by atoms with van der Waals surface area (Å²) in [5, 5.41) is 24.8. The lowest BCUT2D eigenvalue weighted by Crippen LogP contribution is -2.70. The first-order valence-electron chi connectivity index (χ1n) is 21.6. The molecule has 1 amide bonds. The maximum Gasteiger partial charge on any atom is 0.410 e. The number of ether oxygens (including phenoxy) is 4. The lowest BCUT2D eigenvalue weighted by atomic mass is 9.55. The number of nitrogens with zero attached hydrogens (tertiary/aromatic N) is 2. The second-order valence-electron chi connectivity index (χ2n) is 17.0. The molecular weight excluding hydrogens is 777 g/mol. The van der Waals surface area contributed by atoms with Crippen molar-refractivity contribution in [1.82, 2.24) is 4.90 Å². The first-order valence-corrected chi connectivity index (χ1v) is 22.8. The third kappa shape index (κ3) is 10.6. The summed E-state index contributed by atoms with van der Waals surface area (Å²) < 4.78 is 27.1. The van der Waals surface area contributed by atoms with Crippen LogP contribution in [0.2, 0.25) is 0 Å². The van der Waals surface area contributed by atoms with Crippen molar-refractivity contribution in [3.8, 4) is 17.2 Å². The molecule has 10 nitrogen and oxygen atoms in total. The van der Waals surface area contributed by atoms with Crippen LogP contribution in [0.3, 0.4) is 0 Å². The molecule has 0 unspecified atom stereocenters. The van der Waals surface area contributed by atoms with Crippen molar-refractivity contribution in [2.24, 2.45) is 22.9 Å². The Morgan fingerprint density at radius 2 is 1.72 bits per heavy atom. The Balaban J connectivity index is 1.56. The van der Waals surface area contributed by atoms with Crippen LogP contribution in [0.5, 0.6) is 17.2 Å². The van der Waals surface area contributed by atoms with E-state index in [1.54, 1.807) is 22.7 Å². The number of hydrogen-bond acceptors (Lipinski definition) is 10. The quantitative estimate of drug-likeness (QED) is 0.0496. The van der Waals surface area contributed by atoms with Crippen LogP contribution in [0.25, 0.3) is 0 Å². The highest BCUT2D eigenvalue weighted by atomic mass is 32.2. The van der Waals surface area contributed by atoms with Gasteiger partial charge in [-0.15, -0.1) is 18.3 Å². The summed E-state index contributed by atoms with van der Waals surface area (Å²) in [6.45, 7) is 12.9. The molecule has 3 aromatic carbocycles. The molecular formula is C49H64N2O8S. The van der Waals surface area contributed by atoms with Gasteiger partial charge in [-0.3, -0.25) is 4.90 Å². The zero-order chi connectivity index (χ0) is 42.7. The Kier molecular flexibility index (Phi) is 15.8. The number of oxime groups is 1. The van der Waals surface area contributed by atoms with Gasteiger partial charge in [0.1, 0.15) is 35.5 Å². The minimum atomic E-state index is -1.37. The van der Waals surface area contributed by atoms with Crippen LogP contribution in [0.15, 0.2) is 107 Å². The van der Waals surface area contributed by atoms with Crippen LogP contribution < -0.4 is 9.47 Å². The van der Waals surface area contributed by atoms with E-state index in [2.05, 4.69) is 37.1 Å². The van der Waals surface area contributed by atoms with Crippen molar-refractivity contribution >= 4 is 23.6 Å². The Morgan fingerprint density at radius 1 is 1.00 bits per heavy atom. The fourth-order valence-corrected chi connectivity index (χ4v) is 9.51. The second-order valence-corrected chi connectivity index (χ2v) is 17.9. The van der Waals surface area contributed by atoms with Crippen LogP contribution in [-0.4, -0.2) is 77.0 Å². The number of allylic oxidation sites excluding steroid dienone is 1. The van der Waals surface area contributed by atoms with E-state index in [0.29, 0.717) is 43.7 Å². The molecule has 60 heavy (non-hydrogen) atoms. The van der Waals surface area contributed by atoms with Crippen molar-refractivity contribution in [3.05, 3.63) is 108 Å². The third-order valence-corrected chi connectivity index (χ3v) is 12.4. The highest BCUT2D eigenvalue weighted by molar-refractivity contribution is 7.98. The average Bonchev–Trinajstić information content (AvgIpc) is 3.25. The molecule has 3 aromatic rings. The summed E-state index contributed by atoms with van der Waals surface area (Å²) in [5.41, 5.74) is 3.03. The van der Waals surface area contributed by atoms with Gasteiger partial charge in [0.15, 0.2) is 0 Å². The molecule has 1 fully saturated rings. The number of amides is 1. The standard InChI is InChI=1S/C49H64N2O8S/c1-7-26-51(47(54)55-33-34-16-10-9-11-17-34)44-32-42(50-59-48(3,4)5)40-30-35(18-12-14-27-52)39(19-13-15-28-53)45-41-31-37(57-36-20-23-38(60-6)24-21-36)22-25-43(41)58-49(44,46(40)45)56-29-8-2/h8-11,16-17,20-25,30-31,35,39,44-46,52-53H,2,7,12-15,18-19,26-29,32-33H2,1,3-6H3/t35-,39+,44-,45+,46+,49+/m0/s1. The lowest BCUT2D eigenvalue weighted by molar-refractivity contribution is -0.255. The first kappa shape index (κ1) is 45.2. The molecule has 0 spiro atoms. The third-order valence-electron chi connectivity index (χ3n) is 11.6. The molecule has 0 radical (unpaired) electrons. The Hall–Kier alpha value is -4.29. The molecule has 1 heterocycles. The number of benzene rings is 3. The van der Waals surface area contributed by atoms with Crippen molar-refractivity contribution in [3.63, 3.8) is 0 Å². The number of carbonyl (C=O) groups is 1. The molecule has 0 saturated heterocycles. The van der Waals surface area contributed by atoms with E-state index in [9.17, 15) is 15.0 Å². The number of hydrogen-bond donors (Lipinski definition) is 2. The van der Waals surface area contributed by atoms with Gasteiger partial charge in [0, 0.05) is 42.6 Å². The van der Waals surface area contributed by atoms with Crippen molar-refractivity contribution in [2.45, 2.75) is 114 Å². The molecule has 6 atom stereocenters. The molecule has 3 aliphatic rings. The predicted molar refractivity (Wildman–Crippen MR) is 238 cm³/mol. The van der Waals surface area contributed by atoms with E-state index in [1.807, 2.05) is 82.3 Å². The van der Waals surface area contributed by atoms with Crippen LogP contribution in [0.1, 0.15) is 96.1 Å². The highest BCUT2D eigenvalue weighted by Gasteiger charge is 2.65. The van der Waals surface area contributed by atoms with Gasteiger partial charge < -0.3 is 34.0 Å². The summed E-state index contributed by atoms with van der Waals surface area (Å²) in [6, 6.07) is 23.1. The van der Waals surface area contributed by atoms with Crippen LogP contribution >= 0.6 is 11.8 Å². The van der Waals surface area contributed by atoms with E-state index < -0.39 is 29.4 Å². The second kappa shape index (κ2) is 21.0. The summed E-state index contributed by atoms with van der Waals surface area (Å²) >= 11 is 1.68. The molecule has 6 rings (SSSR count). The molecule has 11 heteroatoms. The summed E-state index contributed by atoms with van der Waals surface area (Å²) in [6.07, 6.45) is 11.4. The molecule has 324 valence electrons. The summed E-state index contributed by atoms with van der Waals surface area (Å²) in [5.74, 6) is 0.292. The lowest BCUT2D eigenvalue weighted by Gasteiger charge is -2.60. The van der Waals surface area contributed by atoms with E-state index in [4.69, 9.17) is 28.9 Å². The predicted octanol–water partition coefficient (Wildman–Crippen LogP) is 10.7. The number of aliphatic hydroxyl groups is 2. The fourth-order valence-electron chi connectivity index (χ4n) is 9.10. The maximum absolute atomic E-state index is 14.5. The minimum Gasteiger partial charge on any atom is -0.459 e. The van der Waals surface area contributed by atoms with Gasteiger partial charge in [-0.25, -0.2) is 4.79 Å². The number of aliphatic hydroxyl groups excluding tert-OH is 2. The van der Waals surface area contributed by atoms with Gasteiger partial charge in [0.05, 0.1) is 18.2 Å². The normalized spacial score (nSPS) is 23.8. The number of thioether (sulfide) groups is 1. The molecule has 0 bridgehead atoms. The zero-order valence-corrected chi connectivity index (χ0v) is 36.8. The van der Waals surface area contributed by atoms with Gasteiger partial charge in [-0.1, -0.05) is 67.4 Å². The van der Waals surface area contributed by atoms with Gasteiger partial charge in [0.2, 0.25) is 5.79 Å². The van der Waals surface area contributed by atoms with E-state index in [0.717, 1.165) is 58.7 Å². The topological polar surface area (TPSA) is 119 Å². The summed E-state index contributed by atoms with van der Waals surface area (Å²) in [7, 11) is 0. The molecule has 1 aliphatic heterocycles. The van der Waals surface area contributed by atoms with Gasteiger partial charge in [-0.2, -0.15) is 0 Å². The number of fused-ring (bicyclic) bond motifs is 2. The SMILES string of the molecule is C=CCO[C@@]12Oc3ccc(Oc4ccc(SC)cc4)cc3[C@H]3[C@H](CCCCO)[C@@H](CCCCO)C=C(C(=NOC(C)(C)C)C[C@@H]1N(CCC)C(=O)OCc1ccccc1)[C@H]32. The monoisotopic (exact) mass is 840 g/mol. The smallest absolute Gasteiger partial charge is 0.410 e.